The van der Waals surface area contributed by atoms with Gasteiger partial charge in [0.2, 0.25) is 0 Å². The average molecular weight is 778 g/mol. The van der Waals surface area contributed by atoms with Crippen molar-refractivity contribution in [3.05, 3.63) is 237 Å². The van der Waals surface area contributed by atoms with E-state index in [2.05, 4.69) is 235 Å². The number of pyridine rings is 2. The van der Waals surface area contributed by atoms with Crippen LogP contribution in [-0.2, 0) is 0 Å². The Balaban J connectivity index is 0.861. The zero-order valence-corrected chi connectivity index (χ0v) is 33.4. The second-order valence-electron chi connectivity index (χ2n) is 15.4. The highest BCUT2D eigenvalue weighted by Gasteiger charge is 2.13. The van der Waals surface area contributed by atoms with Gasteiger partial charge in [-0.1, -0.05) is 176 Å². The number of hydrogen-bond acceptors (Lipinski definition) is 2. The smallest absolute Gasteiger partial charge is 0.0715 e. The Hall–Kier alpha value is -8.14. The van der Waals surface area contributed by atoms with E-state index in [0.717, 1.165) is 78.5 Å². The lowest BCUT2D eigenvalue weighted by Crippen LogP contribution is -1.93. The Labute approximate surface area is 355 Å². The van der Waals surface area contributed by atoms with Crippen LogP contribution in [0.25, 0.3) is 106 Å². The maximum atomic E-state index is 5.20. The summed E-state index contributed by atoms with van der Waals surface area (Å²) in [5.74, 6) is 0. The summed E-state index contributed by atoms with van der Waals surface area (Å²) in [6.45, 7) is 0. The molecule has 0 N–H and O–H groups in total. The summed E-state index contributed by atoms with van der Waals surface area (Å²) in [7, 11) is 0. The monoisotopic (exact) mass is 777 g/mol. The third-order valence-electron chi connectivity index (χ3n) is 11.6. The van der Waals surface area contributed by atoms with Crippen LogP contribution >= 0.6 is 0 Å². The third kappa shape index (κ3) is 6.98. The van der Waals surface area contributed by atoms with Crippen LogP contribution in [0.15, 0.2) is 237 Å². The number of benzene rings is 8. The summed E-state index contributed by atoms with van der Waals surface area (Å²) >= 11 is 0. The summed E-state index contributed by atoms with van der Waals surface area (Å²) in [5, 5.41) is 2.53. The molecular formula is C58H39N3. The molecule has 8 aromatic carbocycles. The van der Waals surface area contributed by atoms with Gasteiger partial charge in [0.15, 0.2) is 0 Å². The fourth-order valence-electron chi connectivity index (χ4n) is 8.54. The first kappa shape index (κ1) is 36.0. The van der Waals surface area contributed by atoms with Crippen molar-refractivity contribution in [1.29, 1.82) is 0 Å². The van der Waals surface area contributed by atoms with Crippen LogP contribution in [0.2, 0.25) is 0 Å². The summed E-state index contributed by atoms with van der Waals surface area (Å²) in [6, 6.07) is 83.9. The number of fused-ring (bicyclic) bond motifs is 3. The van der Waals surface area contributed by atoms with Crippen molar-refractivity contribution in [2.24, 2.45) is 0 Å². The van der Waals surface area contributed by atoms with E-state index in [1.54, 1.807) is 0 Å². The van der Waals surface area contributed by atoms with Crippen molar-refractivity contribution < 1.29 is 0 Å². The number of aromatic nitrogens is 3. The molecule has 3 heterocycles. The lowest BCUT2D eigenvalue weighted by Gasteiger charge is -2.12. The lowest BCUT2D eigenvalue weighted by atomic mass is 9.97. The molecule has 3 aromatic heterocycles. The quantitative estimate of drug-likeness (QED) is 0.154. The summed E-state index contributed by atoms with van der Waals surface area (Å²) in [4.78, 5) is 10.3. The summed E-state index contributed by atoms with van der Waals surface area (Å²) in [5.41, 5.74) is 18.6. The molecule has 0 bridgehead atoms. The van der Waals surface area contributed by atoms with Gasteiger partial charge in [0, 0.05) is 38.7 Å². The Morgan fingerprint density at radius 2 is 0.607 bits per heavy atom. The van der Waals surface area contributed by atoms with Gasteiger partial charge in [-0.15, -0.1) is 0 Å². The van der Waals surface area contributed by atoms with Gasteiger partial charge in [0.05, 0.1) is 33.8 Å². The molecule has 0 saturated heterocycles. The Morgan fingerprint density at radius 3 is 1.16 bits per heavy atom. The minimum atomic E-state index is 0.937. The van der Waals surface area contributed by atoms with Gasteiger partial charge < -0.3 is 4.57 Å². The first-order valence-corrected chi connectivity index (χ1v) is 20.7. The van der Waals surface area contributed by atoms with Crippen molar-refractivity contribution in [2.45, 2.75) is 0 Å². The number of hydrogen-bond donors (Lipinski definition) is 0. The highest BCUT2D eigenvalue weighted by molar-refractivity contribution is 6.09. The molecule has 61 heavy (non-hydrogen) atoms. The van der Waals surface area contributed by atoms with E-state index in [0.29, 0.717) is 0 Å². The number of rotatable bonds is 8. The molecule has 0 saturated carbocycles. The molecule has 11 aromatic rings. The Bertz CT molecular complexity index is 3220. The second-order valence-corrected chi connectivity index (χ2v) is 15.4. The molecule has 0 unspecified atom stereocenters. The van der Waals surface area contributed by atoms with E-state index >= 15 is 0 Å². The van der Waals surface area contributed by atoms with Gasteiger partial charge in [-0.3, -0.25) is 0 Å². The normalized spacial score (nSPS) is 11.3. The van der Waals surface area contributed by atoms with Crippen LogP contribution in [0.5, 0.6) is 0 Å². The van der Waals surface area contributed by atoms with Gasteiger partial charge >= 0.3 is 0 Å². The van der Waals surface area contributed by atoms with Crippen molar-refractivity contribution in [3.8, 4) is 84.1 Å². The molecular weight excluding hydrogens is 739 g/mol. The van der Waals surface area contributed by atoms with Gasteiger partial charge in [-0.05, 0) is 94.0 Å². The molecule has 11 rings (SSSR count). The summed E-state index contributed by atoms with van der Waals surface area (Å²) in [6.07, 6.45) is 0. The standard InChI is InChI=1S/C58H39N3/c1-3-14-40(15-4-1)49-38-55(43-16-5-2-6-17-43)60-56(39-49)44-30-28-41(29-31-44)45-18-11-20-47(36-45)53-24-13-25-54(59-53)48-21-12-19-46(37-48)42-32-34-50(35-33-42)61-57-26-9-7-22-51(57)52-23-8-10-27-58(52)61/h1-39H. The molecule has 0 amide bonds. The molecule has 0 atom stereocenters. The highest BCUT2D eigenvalue weighted by Crippen LogP contribution is 2.35. The van der Waals surface area contributed by atoms with E-state index in [1.807, 2.05) is 6.07 Å². The minimum absolute atomic E-state index is 0.937. The van der Waals surface area contributed by atoms with E-state index < -0.39 is 0 Å². The van der Waals surface area contributed by atoms with Crippen LogP contribution in [0.4, 0.5) is 0 Å². The van der Waals surface area contributed by atoms with E-state index in [1.165, 1.54) is 27.4 Å². The predicted octanol–water partition coefficient (Wildman–Crippen LogP) is 15.2. The highest BCUT2D eigenvalue weighted by atomic mass is 15.0. The molecule has 0 aliphatic heterocycles. The largest absolute Gasteiger partial charge is 0.309 e. The number of para-hydroxylation sites is 2. The van der Waals surface area contributed by atoms with Gasteiger partial charge in [0.25, 0.3) is 0 Å². The SMILES string of the molecule is c1ccc(-c2cc(-c3ccccc3)nc(-c3ccc(-c4cccc(-c5cccc(-c6cccc(-c7ccc(-n8c9ccccc9c9ccccc98)cc7)c6)n5)c4)cc3)c2)cc1. The van der Waals surface area contributed by atoms with E-state index in [4.69, 9.17) is 9.97 Å². The molecule has 0 radical (unpaired) electrons. The predicted molar refractivity (Wildman–Crippen MR) is 254 cm³/mol. The average Bonchev–Trinajstić information content (AvgIpc) is 3.69. The topological polar surface area (TPSA) is 30.7 Å². The Kier molecular flexibility index (Phi) is 9.18. The van der Waals surface area contributed by atoms with Gasteiger partial charge in [-0.25, -0.2) is 9.97 Å². The molecule has 0 fully saturated rings. The lowest BCUT2D eigenvalue weighted by molar-refractivity contribution is 1.18. The molecule has 3 heteroatoms. The van der Waals surface area contributed by atoms with Crippen molar-refractivity contribution in [1.82, 2.24) is 14.5 Å². The first-order valence-electron chi connectivity index (χ1n) is 20.7. The third-order valence-corrected chi connectivity index (χ3v) is 11.6. The molecule has 286 valence electrons. The fourth-order valence-corrected chi connectivity index (χ4v) is 8.54. The van der Waals surface area contributed by atoms with Crippen LogP contribution in [0.1, 0.15) is 0 Å². The maximum absolute atomic E-state index is 5.20. The second kappa shape index (κ2) is 15.6. The van der Waals surface area contributed by atoms with Crippen molar-refractivity contribution in [3.63, 3.8) is 0 Å². The first-order chi connectivity index (χ1) is 30.2. The zero-order valence-electron chi connectivity index (χ0n) is 33.4. The van der Waals surface area contributed by atoms with Crippen molar-refractivity contribution in [2.75, 3.05) is 0 Å². The fraction of sp³-hybridized carbons (Fsp3) is 0. The molecule has 3 nitrogen and oxygen atoms in total. The van der Waals surface area contributed by atoms with Gasteiger partial charge in [0.1, 0.15) is 0 Å². The molecule has 0 aliphatic carbocycles. The number of nitrogens with zero attached hydrogens (tertiary/aromatic N) is 3. The van der Waals surface area contributed by atoms with Crippen LogP contribution < -0.4 is 0 Å². The summed E-state index contributed by atoms with van der Waals surface area (Å²) < 4.78 is 2.36. The van der Waals surface area contributed by atoms with Crippen LogP contribution in [0.3, 0.4) is 0 Å². The van der Waals surface area contributed by atoms with Gasteiger partial charge in [-0.2, -0.15) is 0 Å². The minimum Gasteiger partial charge on any atom is -0.309 e. The Morgan fingerprint density at radius 1 is 0.230 bits per heavy atom. The zero-order chi connectivity index (χ0) is 40.5. The van der Waals surface area contributed by atoms with Crippen LogP contribution in [0, 0.1) is 0 Å². The van der Waals surface area contributed by atoms with E-state index in [-0.39, 0.29) is 0 Å². The van der Waals surface area contributed by atoms with Crippen molar-refractivity contribution >= 4 is 21.8 Å². The molecule has 0 aliphatic rings. The maximum Gasteiger partial charge on any atom is 0.0715 e. The van der Waals surface area contributed by atoms with E-state index in [9.17, 15) is 0 Å². The van der Waals surface area contributed by atoms with Crippen LogP contribution in [-0.4, -0.2) is 14.5 Å². The molecule has 0 spiro atoms.